The summed E-state index contributed by atoms with van der Waals surface area (Å²) in [5.41, 5.74) is 0.712. The second kappa shape index (κ2) is 3.61. The molecule has 1 saturated heterocycles. The summed E-state index contributed by atoms with van der Waals surface area (Å²) in [6, 6.07) is 0. The number of hydrogen-bond donors (Lipinski definition) is 1. The highest BCUT2D eigenvalue weighted by molar-refractivity contribution is 4.95. The molecule has 0 radical (unpaired) electrons. The van der Waals surface area contributed by atoms with Crippen LogP contribution in [0.3, 0.4) is 0 Å². The summed E-state index contributed by atoms with van der Waals surface area (Å²) in [5, 5.41) is 3.56. The molecule has 1 heteroatoms. The quantitative estimate of drug-likeness (QED) is 0.656. The molecule has 1 aliphatic heterocycles. The van der Waals surface area contributed by atoms with Crippen molar-refractivity contribution in [2.75, 3.05) is 13.1 Å². The van der Waals surface area contributed by atoms with Crippen LogP contribution in [0.2, 0.25) is 0 Å². The Morgan fingerprint density at radius 2 is 2.08 bits per heavy atom. The first-order valence-corrected chi connectivity index (χ1v) is 5.96. The van der Waals surface area contributed by atoms with Crippen molar-refractivity contribution in [1.82, 2.24) is 5.32 Å². The van der Waals surface area contributed by atoms with Gasteiger partial charge in [0, 0.05) is 0 Å². The highest BCUT2D eigenvalue weighted by Gasteiger charge is 2.43. The van der Waals surface area contributed by atoms with Crippen LogP contribution < -0.4 is 5.32 Å². The van der Waals surface area contributed by atoms with Gasteiger partial charge in [0.25, 0.3) is 0 Å². The van der Waals surface area contributed by atoms with Crippen molar-refractivity contribution in [3.8, 4) is 0 Å². The average Bonchev–Trinajstić information content (AvgIpc) is 2.17. The van der Waals surface area contributed by atoms with E-state index in [9.17, 15) is 0 Å². The molecule has 0 spiro atoms. The highest BCUT2D eigenvalue weighted by Crippen LogP contribution is 2.50. The maximum atomic E-state index is 3.56. The lowest BCUT2D eigenvalue weighted by Crippen LogP contribution is -2.49. The molecule has 2 unspecified atom stereocenters. The molecule has 1 heterocycles. The van der Waals surface area contributed by atoms with Gasteiger partial charge in [-0.05, 0) is 49.6 Å². The van der Waals surface area contributed by atoms with Gasteiger partial charge < -0.3 is 5.32 Å². The van der Waals surface area contributed by atoms with E-state index in [-0.39, 0.29) is 0 Å². The Kier molecular flexibility index (Phi) is 2.64. The van der Waals surface area contributed by atoms with Gasteiger partial charge >= 0.3 is 0 Å². The summed E-state index contributed by atoms with van der Waals surface area (Å²) in [5.74, 6) is 1.87. The van der Waals surface area contributed by atoms with E-state index in [1.165, 1.54) is 45.2 Å². The Morgan fingerprint density at radius 1 is 1.23 bits per heavy atom. The van der Waals surface area contributed by atoms with E-state index in [0.717, 1.165) is 11.8 Å². The predicted molar refractivity (Wildman–Crippen MR) is 56.7 cm³/mol. The zero-order chi connectivity index (χ0) is 9.31. The van der Waals surface area contributed by atoms with Crippen molar-refractivity contribution >= 4 is 0 Å². The first-order valence-electron chi connectivity index (χ1n) is 5.96. The molecule has 1 saturated carbocycles. The van der Waals surface area contributed by atoms with Gasteiger partial charge in [0.05, 0.1) is 0 Å². The van der Waals surface area contributed by atoms with E-state index in [1.807, 2.05) is 0 Å². The van der Waals surface area contributed by atoms with E-state index >= 15 is 0 Å². The molecule has 1 N–H and O–H groups in total. The molecule has 2 aliphatic rings. The summed E-state index contributed by atoms with van der Waals surface area (Å²) in [6.45, 7) is 7.42. The minimum Gasteiger partial charge on any atom is -0.316 e. The van der Waals surface area contributed by atoms with Crippen LogP contribution in [0.25, 0.3) is 0 Å². The molecule has 0 amide bonds. The minimum atomic E-state index is 0.712. The van der Waals surface area contributed by atoms with Gasteiger partial charge in [0.1, 0.15) is 0 Å². The Bertz CT molecular complexity index is 162. The summed E-state index contributed by atoms with van der Waals surface area (Å²) < 4.78 is 0. The Balaban J connectivity index is 2.16. The Hall–Kier alpha value is -0.0400. The van der Waals surface area contributed by atoms with Crippen molar-refractivity contribution in [3.05, 3.63) is 0 Å². The second-order valence-electron chi connectivity index (χ2n) is 5.28. The lowest BCUT2D eigenvalue weighted by atomic mass is 9.57. The number of fused-ring (bicyclic) bond motifs is 1. The van der Waals surface area contributed by atoms with Crippen LogP contribution in [0.5, 0.6) is 0 Å². The largest absolute Gasteiger partial charge is 0.316 e. The first-order chi connectivity index (χ1) is 6.26. The van der Waals surface area contributed by atoms with E-state index in [0.29, 0.717) is 5.41 Å². The molecule has 1 aliphatic carbocycles. The molecule has 76 valence electrons. The maximum Gasteiger partial charge on any atom is -0.00151 e. The fraction of sp³-hybridized carbons (Fsp3) is 1.00. The Labute approximate surface area is 82.3 Å². The van der Waals surface area contributed by atoms with E-state index in [4.69, 9.17) is 0 Å². The third-order valence-electron chi connectivity index (χ3n) is 4.57. The predicted octanol–water partition coefficient (Wildman–Crippen LogP) is 2.81. The minimum absolute atomic E-state index is 0.712. The van der Waals surface area contributed by atoms with Crippen LogP contribution in [-0.4, -0.2) is 13.1 Å². The van der Waals surface area contributed by atoms with Crippen LogP contribution in [0.15, 0.2) is 0 Å². The highest BCUT2D eigenvalue weighted by atomic mass is 14.9. The van der Waals surface area contributed by atoms with Crippen molar-refractivity contribution in [2.24, 2.45) is 17.3 Å². The Morgan fingerprint density at radius 3 is 2.77 bits per heavy atom. The van der Waals surface area contributed by atoms with Crippen LogP contribution in [-0.2, 0) is 0 Å². The molecule has 0 aromatic rings. The van der Waals surface area contributed by atoms with Crippen LogP contribution in [0.1, 0.15) is 46.0 Å². The topological polar surface area (TPSA) is 12.0 Å². The molecule has 13 heavy (non-hydrogen) atoms. The van der Waals surface area contributed by atoms with Gasteiger partial charge in [-0.1, -0.05) is 26.7 Å². The number of rotatable bonds is 1. The van der Waals surface area contributed by atoms with Crippen LogP contribution in [0, 0.1) is 17.3 Å². The van der Waals surface area contributed by atoms with Gasteiger partial charge in [-0.25, -0.2) is 0 Å². The number of hydrogen-bond acceptors (Lipinski definition) is 1. The summed E-state index contributed by atoms with van der Waals surface area (Å²) in [7, 11) is 0. The fourth-order valence-corrected chi connectivity index (χ4v) is 3.62. The number of piperidine rings is 1. The molecular formula is C12H23N. The average molecular weight is 181 g/mol. The van der Waals surface area contributed by atoms with Gasteiger partial charge in [-0.15, -0.1) is 0 Å². The molecule has 0 bridgehead atoms. The molecule has 0 aromatic carbocycles. The first kappa shape index (κ1) is 9.51. The molecule has 2 atom stereocenters. The van der Waals surface area contributed by atoms with E-state index in [1.54, 1.807) is 0 Å². The second-order valence-corrected chi connectivity index (χ2v) is 5.28. The van der Waals surface area contributed by atoms with Crippen molar-refractivity contribution in [2.45, 2.75) is 46.0 Å². The maximum absolute atomic E-state index is 3.56. The number of nitrogens with one attached hydrogen (secondary N) is 1. The zero-order valence-corrected chi connectivity index (χ0v) is 9.10. The van der Waals surface area contributed by atoms with Gasteiger partial charge in [0.2, 0.25) is 0 Å². The fourth-order valence-electron chi connectivity index (χ4n) is 3.62. The standard InChI is InChI=1S/C12H23N/c1-10(2)12-6-4-3-5-11(12)9-13-8-7-12/h10-11,13H,3-9H2,1-2H3. The van der Waals surface area contributed by atoms with Gasteiger partial charge in [0.15, 0.2) is 0 Å². The summed E-state index contributed by atoms with van der Waals surface area (Å²) in [6.07, 6.45) is 7.35. The van der Waals surface area contributed by atoms with Gasteiger partial charge in [-0.3, -0.25) is 0 Å². The summed E-state index contributed by atoms with van der Waals surface area (Å²) >= 11 is 0. The lowest BCUT2D eigenvalue weighted by Gasteiger charge is -2.50. The third-order valence-corrected chi connectivity index (χ3v) is 4.57. The molecule has 1 nitrogen and oxygen atoms in total. The SMILES string of the molecule is CC(C)C12CCCCC1CNCC2. The lowest BCUT2D eigenvalue weighted by molar-refractivity contribution is 0.0102. The third kappa shape index (κ3) is 1.52. The van der Waals surface area contributed by atoms with E-state index in [2.05, 4.69) is 19.2 Å². The normalized spacial score (nSPS) is 40.4. The summed E-state index contributed by atoms with van der Waals surface area (Å²) in [4.78, 5) is 0. The molecular weight excluding hydrogens is 158 g/mol. The molecule has 2 rings (SSSR count). The molecule has 2 fully saturated rings. The van der Waals surface area contributed by atoms with Crippen LogP contribution >= 0.6 is 0 Å². The zero-order valence-electron chi connectivity index (χ0n) is 9.10. The van der Waals surface area contributed by atoms with Crippen LogP contribution in [0.4, 0.5) is 0 Å². The van der Waals surface area contributed by atoms with Crippen molar-refractivity contribution in [3.63, 3.8) is 0 Å². The molecule has 0 aromatic heterocycles. The van der Waals surface area contributed by atoms with Crippen molar-refractivity contribution in [1.29, 1.82) is 0 Å². The van der Waals surface area contributed by atoms with E-state index < -0.39 is 0 Å². The van der Waals surface area contributed by atoms with Crippen molar-refractivity contribution < 1.29 is 0 Å². The smallest absolute Gasteiger partial charge is 0.00151 e. The van der Waals surface area contributed by atoms with Gasteiger partial charge in [-0.2, -0.15) is 0 Å². The monoisotopic (exact) mass is 181 g/mol.